The van der Waals surface area contributed by atoms with E-state index in [2.05, 4.69) is 86.3 Å². The molecule has 0 aliphatic heterocycles. The Balaban J connectivity index is 0. The zero-order valence-corrected chi connectivity index (χ0v) is 26.1. The lowest BCUT2D eigenvalue weighted by molar-refractivity contribution is -0.659. The molecule has 212 valence electrons. The average molecular weight is 528 g/mol. The van der Waals surface area contributed by atoms with Crippen LogP contribution in [0.15, 0.2) is 89.8 Å². The summed E-state index contributed by atoms with van der Waals surface area (Å²) in [7, 11) is 3.64. The second-order valence-corrected chi connectivity index (χ2v) is 9.36. The van der Waals surface area contributed by atoms with Crippen LogP contribution < -0.4 is 4.57 Å². The summed E-state index contributed by atoms with van der Waals surface area (Å²) in [5.74, 6) is 0.424. The van der Waals surface area contributed by atoms with Gasteiger partial charge in [-0.2, -0.15) is 0 Å². The SMILES string of the molecule is C=C/C=C(\C=C/C)C(/C(C)=C\CC)=C(\C)CC.CC.CC(C)C.Cn1cc[n+](C)c1-c1ccc(F)cc1F. The normalized spacial score (nSPS) is 12.1. The zero-order valence-electron chi connectivity index (χ0n) is 26.1. The number of rotatable bonds is 7. The van der Waals surface area contributed by atoms with Gasteiger partial charge in [-0.1, -0.05) is 91.0 Å². The van der Waals surface area contributed by atoms with Gasteiger partial charge in [0.25, 0.3) is 5.82 Å². The largest absolute Gasteiger partial charge is 0.291 e. The molecule has 0 N–H and O–H groups in total. The van der Waals surface area contributed by atoms with Gasteiger partial charge in [-0.3, -0.25) is 0 Å². The Kier molecular flexibility index (Phi) is 20.5. The minimum absolute atomic E-state index is 0.395. The van der Waals surface area contributed by atoms with Crippen LogP contribution in [0.2, 0.25) is 0 Å². The minimum atomic E-state index is -0.562. The molecule has 2 rings (SSSR count). The highest BCUT2D eigenvalue weighted by atomic mass is 19.1. The molecule has 0 unspecified atom stereocenters. The predicted molar refractivity (Wildman–Crippen MR) is 164 cm³/mol. The molecule has 0 aliphatic rings. The Morgan fingerprint density at radius 3 is 2.08 bits per heavy atom. The van der Waals surface area contributed by atoms with Gasteiger partial charge in [0.05, 0.1) is 14.1 Å². The molecule has 0 fully saturated rings. The monoisotopic (exact) mass is 527 g/mol. The van der Waals surface area contributed by atoms with Crippen LogP contribution in [0.25, 0.3) is 11.4 Å². The highest BCUT2D eigenvalue weighted by Gasteiger charge is 2.18. The minimum Gasteiger partial charge on any atom is -0.233 e. The number of hydrogen-bond donors (Lipinski definition) is 0. The number of nitrogens with zero attached hydrogens (tertiary/aromatic N) is 2. The van der Waals surface area contributed by atoms with Gasteiger partial charge < -0.3 is 0 Å². The van der Waals surface area contributed by atoms with Crippen LogP contribution >= 0.6 is 0 Å². The lowest BCUT2D eigenvalue weighted by atomic mass is 9.91. The number of allylic oxidation sites excluding steroid dienone is 9. The van der Waals surface area contributed by atoms with Crippen molar-refractivity contribution in [3.8, 4) is 11.4 Å². The molecule has 4 heteroatoms. The Bertz CT molecular complexity index is 1060. The van der Waals surface area contributed by atoms with E-state index in [9.17, 15) is 8.78 Å². The van der Waals surface area contributed by atoms with E-state index in [4.69, 9.17) is 0 Å². The van der Waals surface area contributed by atoms with Crippen LogP contribution in [0.4, 0.5) is 8.78 Å². The van der Waals surface area contributed by atoms with Crippen molar-refractivity contribution in [3.05, 3.63) is 101 Å². The molecule has 0 aliphatic carbocycles. The molecule has 2 nitrogen and oxygen atoms in total. The van der Waals surface area contributed by atoms with Crippen LogP contribution in [-0.4, -0.2) is 4.57 Å². The van der Waals surface area contributed by atoms with E-state index in [1.807, 2.05) is 46.4 Å². The molecule has 1 heterocycles. The van der Waals surface area contributed by atoms with Gasteiger partial charge in [0.15, 0.2) is 0 Å². The summed E-state index contributed by atoms with van der Waals surface area (Å²) < 4.78 is 29.8. The summed E-state index contributed by atoms with van der Waals surface area (Å²) in [5.41, 5.74) is 5.80. The van der Waals surface area contributed by atoms with Gasteiger partial charge in [0, 0.05) is 6.07 Å². The summed E-state index contributed by atoms with van der Waals surface area (Å²) in [6, 6.07) is 3.59. The molecule has 1 aromatic carbocycles. The molecule has 0 spiro atoms. The maximum Gasteiger partial charge on any atom is 0.291 e. The van der Waals surface area contributed by atoms with Gasteiger partial charge in [0.1, 0.15) is 29.6 Å². The van der Waals surface area contributed by atoms with Gasteiger partial charge in [0.2, 0.25) is 0 Å². The molecule has 1 aromatic heterocycles. The Hall–Kier alpha value is -3.01. The summed E-state index contributed by atoms with van der Waals surface area (Å²) in [6.45, 7) is 25.1. The Labute approximate surface area is 232 Å². The van der Waals surface area contributed by atoms with Crippen molar-refractivity contribution in [1.29, 1.82) is 0 Å². The molecule has 0 atom stereocenters. The number of benzene rings is 1. The first-order chi connectivity index (χ1) is 17.9. The fourth-order valence-electron chi connectivity index (χ4n) is 3.57. The van der Waals surface area contributed by atoms with Crippen LogP contribution in [-0.2, 0) is 14.1 Å². The molecule has 0 bridgehead atoms. The summed E-state index contributed by atoms with van der Waals surface area (Å²) >= 11 is 0. The summed E-state index contributed by atoms with van der Waals surface area (Å²) in [4.78, 5) is 0. The molecule has 0 radical (unpaired) electrons. The first kappa shape index (κ1) is 37.1. The van der Waals surface area contributed by atoms with E-state index in [0.29, 0.717) is 11.4 Å². The van der Waals surface area contributed by atoms with Crippen LogP contribution in [0.3, 0.4) is 0 Å². The lowest BCUT2D eigenvalue weighted by Gasteiger charge is -2.14. The van der Waals surface area contributed by atoms with Crippen molar-refractivity contribution in [2.45, 2.75) is 82.1 Å². The zero-order chi connectivity index (χ0) is 29.8. The molecule has 38 heavy (non-hydrogen) atoms. The lowest BCUT2D eigenvalue weighted by Crippen LogP contribution is -2.29. The van der Waals surface area contributed by atoms with E-state index >= 15 is 0 Å². The molecule has 0 amide bonds. The van der Waals surface area contributed by atoms with Crippen molar-refractivity contribution in [2.24, 2.45) is 20.0 Å². The van der Waals surface area contributed by atoms with E-state index in [1.54, 1.807) is 9.13 Å². The van der Waals surface area contributed by atoms with E-state index in [0.717, 1.165) is 24.8 Å². The predicted octanol–water partition coefficient (Wildman–Crippen LogP) is 10.2. The van der Waals surface area contributed by atoms with Gasteiger partial charge in [-0.25, -0.2) is 17.9 Å². The summed E-state index contributed by atoms with van der Waals surface area (Å²) in [5, 5.41) is 0. The second kappa shape index (κ2) is 21.0. The van der Waals surface area contributed by atoms with E-state index in [-0.39, 0.29) is 0 Å². The number of aryl methyl sites for hydroxylation is 2. The fraction of sp³-hybridized carbons (Fsp3) is 0.441. The first-order valence-electron chi connectivity index (χ1n) is 13.7. The first-order valence-corrected chi connectivity index (χ1v) is 13.7. The van der Waals surface area contributed by atoms with E-state index < -0.39 is 11.6 Å². The third-order valence-corrected chi connectivity index (χ3v) is 5.15. The second-order valence-electron chi connectivity index (χ2n) is 9.36. The van der Waals surface area contributed by atoms with Gasteiger partial charge in [-0.15, -0.1) is 0 Å². The van der Waals surface area contributed by atoms with E-state index in [1.165, 1.54) is 34.4 Å². The van der Waals surface area contributed by atoms with Gasteiger partial charge >= 0.3 is 0 Å². The average Bonchev–Trinajstić information content (AvgIpc) is 3.18. The summed E-state index contributed by atoms with van der Waals surface area (Å²) in [6.07, 6.45) is 16.3. The molecular weight excluding hydrogens is 474 g/mol. The maximum atomic E-state index is 13.5. The van der Waals surface area contributed by atoms with Crippen LogP contribution in [0.5, 0.6) is 0 Å². The molecule has 2 aromatic rings. The highest BCUT2D eigenvalue weighted by Crippen LogP contribution is 2.26. The maximum absolute atomic E-state index is 13.5. The topological polar surface area (TPSA) is 8.81 Å². The molecule has 0 saturated heterocycles. The number of aromatic nitrogens is 2. The van der Waals surface area contributed by atoms with Crippen molar-refractivity contribution in [3.63, 3.8) is 0 Å². The third kappa shape index (κ3) is 13.5. The van der Waals surface area contributed by atoms with Gasteiger partial charge in [-0.05, 0) is 68.4 Å². The smallest absolute Gasteiger partial charge is 0.233 e. The van der Waals surface area contributed by atoms with Crippen molar-refractivity contribution < 1.29 is 13.3 Å². The van der Waals surface area contributed by atoms with Crippen LogP contribution in [0, 0.1) is 17.6 Å². The van der Waals surface area contributed by atoms with Crippen molar-refractivity contribution in [1.82, 2.24) is 4.57 Å². The Morgan fingerprint density at radius 2 is 1.68 bits per heavy atom. The highest BCUT2D eigenvalue weighted by molar-refractivity contribution is 5.54. The van der Waals surface area contributed by atoms with Crippen LogP contribution in [0.1, 0.15) is 82.1 Å². The molecule has 0 saturated carbocycles. The Morgan fingerprint density at radius 1 is 1.11 bits per heavy atom. The van der Waals surface area contributed by atoms with Crippen molar-refractivity contribution in [2.75, 3.05) is 0 Å². The standard InChI is InChI=1S/C17H26.C11H11F2N2.C4H10.C2H6/c1-7-11-15(6)17(14(5)10-4)16(12-8-2)13-9-3;1-14-5-6-15(2)11(14)9-4-3-8(12)7-10(9)13;1-4(2)3;1-2/h8-9,11-13H,2,7,10H2,1,3-6H3;3-7H,1-2H3;4H,1-3H3;1-2H3/q;+1;;/b13-9-,15-11-,16-12+,17-14+;;;. The number of imidazole rings is 1. The molecular formula is C34H53F2N2+. The number of halogens is 2. The third-order valence-electron chi connectivity index (χ3n) is 5.15. The van der Waals surface area contributed by atoms with Crippen molar-refractivity contribution >= 4 is 0 Å². The fourth-order valence-corrected chi connectivity index (χ4v) is 3.57. The quantitative estimate of drug-likeness (QED) is 0.250. The number of hydrogen-bond acceptors (Lipinski definition) is 0.